The Balaban J connectivity index is 1.71. The van der Waals surface area contributed by atoms with Crippen LogP contribution in [-0.2, 0) is 42.3 Å². The van der Waals surface area contributed by atoms with E-state index in [1.807, 2.05) is 18.2 Å². The molecule has 0 amide bonds. The summed E-state index contributed by atoms with van der Waals surface area (Å²) in [5.74, 6) is -0.787. The Kier molecular flexibility index (Phi) is 15.8. The minimum Gasteiger partial charge on any atom is -0.493 e. The molecule has 0 aromatic heterocycles. The molecular formula is C38H57BrO7. The summed E-state index contributed by atoms with van der Waals surface area (Å²) in [4.78, 5) is 0. The van der Waals surface area contributed by atoms with Gasteiger partial charge in [0, 0.05) is 36.5 Å². The molecule has 0 saturated carbocycles. The Morgan fingerprint density at radius 1 is 0.826 bits per heavy atom. The van der Waals surface area contributed by atoms with E-state index in [2.05, 4.69) is 61.8 Å². The first-order valence-corrected chi connectivity index (χ1v) is 18.6. The summed E-state index contributed by atoms with van der Waals surface area (Å²) in [5.41, 5.74) is 4.14. The van der Waals surface area contributed by atoms with Crippen LogP contribution in [0.4, 0.5) is 0 Å². The molecule has 2 aliphatic heterocycles. The van der Waals surface area contributed by atoms with Crippen molar-refractivity contribution in [1.82, 2.24) is 0 Å². The first-order valence-electron chi connectivity index (χ1n) is 17.8. The third kappa shape index (κ3) is 10.0. The molecule has 46 heavy (non-hydrogen) atoms. The molecule has 2 aromatic carbocycles. The molecule has 0 radical (unpaired) electrons. The van der Waals surface area contributed by atoms with E-state index in [0.29, 0.717) is 45.0 Å². The van der Waals surface area contributed by atoms with Gasteiger partial charge in [-0.3, -0.25) is 0 Å². The van der Waals surface area contributed by atoms with Gasteiger partial charge >= 0.3 is 0 Å². The molecule has 2 aliphatic rings. The zero-order chi connectivity index (χ0) is 32.8. The molecule has 3 unspecified atom stereocenters. The minimum atomic E-state index is -1.77. The van der Waals surface area contributed by atoms with Crippen molar-refractivity contribution in [2.24, 2.45) is 0 Å². The number of aliphatic hydroxyl groups is 1. The maximum Gasteiger partial charge on any atom is 0.222 e. The normalized spacial score (nSPS) is 24.5. The predicted octanol–water partition coefficient (Wildman–Crippen LogP) is 8.28. The van der Waals surface area contributed by atoms with Crippen LogP contribution in [0.25, 0.3) is 0 Å². The lowest BCUT2D eigenvalue weighted by Crippen LogP contribution is -2.66. The van der Waals surface area contributed by atoms with Crippen molar-refractivity contribution in [2.45, 2.75) is 129 Å². The van der Waals surface area contributed by atoms with Crippen LogP contribution in [0, 0.1) is 0 Å². The van der Waals surface area contributed by atoms with Crippen LogP contribution in [0.15, 0.2) is 40.9 Å². The van der Waals surface area contributed by atoms with Gasteiger partial charge in [0.1, 0.15) is 30.2 Å². The number of unbranched alkanes of at least 4 members (excludes halogenated alkanes) is 4. The van der Waals surface area contributed by atoms with Crippen molar-refractivity contribution in [3.8, 4) is 5.75 Å². The van der Waals surface area contributed by atoms with E-state index in [4.69, 9.17) is 28.4 Å². The Bertz CT molecular complexity index is 1180. The first-order chi connectivity index (χ1) is 22.4. The fourth-order valence-electron chi connectivity index (χ4n) is 6.13. The molecule has 2 aromatic rings. The molecule has 0 bridgehead atoms. The second-order valence-corrected chi connectivity index (χ2v) is 13.5. The molecule has 1 fully saturated rings. The van der Waals surface area contributed by atoms with E-state index < -0.39 is 30.2 Å². The van der Waals surface area contributed by atoms with Crippen LogP contribution in [0.3, 0.4) is 0 Å². The highest BCUT2D eigenvalue weighted by molar-refractivity contribution is 9.10. The third-order valence-electron chi connectivity index (χ3n) is 8.87. The molecule has 7 nitrogen and oxygen atoms in total. The van der Waals surface area contributed by atoms with Crippen LogP contribution in [0.2, 0.25) is 0 Å². The smallest absolute Gasteiger partial charge is 0.222 e. The molecule has 5 atom stereocenters. The van der Waals surface area contributed by atoms with Gasteiger partial charge in [0.15, 0.2) is 0 Å². The number of hydrogen-bond acceptors (Lipinski definition) is 7. The van der Waals surface area contributed by atoms with Crippen LogP contribution >= 0.6 is 15.9 Å². The highest BCUT2D eigenvalue weighted by atomic mass is 79.9. The van der Waals surface area contributed by atoms with Gasteiger partial charge in [0.25, 0.3) is 0 Å². The molecule has 0 aliphatic carbocycles. The lowest BCUT2D eigenvalue weighted by molar-refractivity contribution is -0.375. The first kappa shape index (κ1) is 37.3. The van der Waals surface area contributed by atoms with Gasteiger partial charge < -0.3 is 33.5 Å². The van der Waals surface area contributed by atoms with E-state index >= 15 is 0 Å². The van der Waals surface area contributed by atoms with E-state index in [-0.39, 0.29) is 0 Å². The fraction of sp³-hybridized carbons (Fsp3) is 0.684. The van der Waals surface area contributed by atoms with Crippen LogP contribution in [0.1, 0.15) is 108 Å². The summed E-state index contributed by atoms with van der Waals surface area (Å²) < 4.78 is 39.4. The van der Waals surface area contributed by atoms with E-state index in [1.54, 1.807) is 0 Å². The van der Waals surface area contributed by atoms with Gasteiger partial charge in [0.2, 0.25) is 5.79 Å². The standard InChI is InChI=1S/C38H57BrO7/c1-5-9-19-41-27-34-35(43-20-10-6-2)36(44-21-11-7-3)37(45-22-12-8-4)38(40,46-34)31-16-17-32(39)30(26-31)25-28-15-18-33-29(24-28)14-13-23-42-33/h15-18,24,26,34-37,40H,5-14,19-23,25,27H2,1-4H3/t34-,35?,36+,37?,38?/m1/s1. The number of halogens is 1. The fourth-order valence-corrected chi connectivity index (χ4v) is 6.52. The van der Waals surface area contributed by atoms with Crippen molar-refractivity contribution in [1.29, 1.82) is 0 Å². The monoisotopic (exact) mass is 704 g/mol. The Morgan fingerprint density at radius 3 is 2.22 bits per heavy atom. The van der Waals surface area contributed by atoms with Gasteiger partial charge in [-0.25, -0.2) is 0 Å². The number of benzene rings is 2. The molecular weight excluding hydrogens is 648 g/mol. The number of ether oxygens (including phenoxy) is 6. The number of rotatable bonds is 20. The second-order valence-electron chi connectivity index (χ2n) is 12.7. The number of aryl methyl sites for hydroxylation is 1. The molecule has 258 valence electrons. The Labute approximate surface area is 285 Å². The highest BCUT2D eigenvalue weighted by Gasteiger charge is 2.57. The van der Waals surface area contributed by atoms with E-state index in [0.717, 1.165) is 86.6 Å². The molecule has 0 spiro atoms. The van der Waals surface area contributed by atoms with Gasteiger partial charge in [-0.1, -0.05) is 87.5 Å². The van der Waals surface area contributed by atoms with Crippen molar-refractivity contribution >= 4 is 15.9 Å². The second kappa shape index (κ2) is 19.5. The molecule has 1 N–H and O–H groups in total. The summed E-state index contributed by atoms with van der Waals surface area (Å²) in [5, 5.41) is 12.8. The number of hydrogen-bond donors (Lipinski definition) is 1. The average Bonchev–Trinajstić information content (AvgIpc) is 3.06. The zero-order valence-electron chi connectivity index (χ0n) is 28.6. The molecule has 4 rings (SSSR count). The van der Waals surface area contributed by atoms with Crippen LogP contribution < -0.4 is 4.74 Å². The Hall–Kier alpha value is -1.52. The lowest BCUT2D eigenvalue weighted by atomic mass is 9.86. The van der Waals surface area contributed by atoms with Gasteiger partial charge in [0.05, 0.1) is 13.2 Å². The molecule has 2 heterocycles. The molecule has 1 saturated heterocycles. The number of fused-ring (bicyclic) bond motifs is 1. The van der Waals surface area contributed by atoms with Crippen LogP contribution in [0.5, 0.6) is 5.75 Å². The summed E-state index contributed by atoms with van der Waals surface area (Å²) in [6.45, 7) is 11.9. The SMILES string of the molecule is CCCCOC[C@H]1OC(O)(c2ccc(Br)c(Cc3ccc4c(c3)CCCO4)c2)C(OCCCC)[C@@H](OCCCC)C1OCCCC. The van der Waals surface area contributed by atoms with Crippen molar-refractivity contribution in [3.05, 3.63) is 63.1 Å². The quantitative estimate of drug-likeness (QED) is 0.139. The Morgan fingerprint density at radius 2 is 1.50 bits per heavy atom. The van der Waals surface area contributed by atoms with Crippen molar-refractivity contribution in [3.63, 3.8) is 0 Å². The largest absolute Gasteiger partial charge is 0.493 e. The maximum absolute atomic E-state index is 12.8. The zero-order valence-corrected chi connectivity index (χ0v) is 30.2. The van der Waals surface area contributed by atoms with Crippen molar-refractivity contribution in [2.75, 3.05) is 39.6 Å². The predicted molar refractivity (Wildman–Crippen MR) is 186 cm³/mol. The van der Waals surface area contributed by atoms with Crippen LogP contribution in [-0.4, -0.2) is 69.2 Å². The summed E-state index contributed by atoms with van der Waals surface area (Å²) >= 11 is 3.79. The highest BCUT2D eigenvalue weighted by Crippen LogP contribution is 2.42. The summed E-state index contributed by atoms with van der Waals surface area (Å²) in [6.07, 6.45) is 8.17. The van der Waals surface area contributed by atoms with Crippen molar-refractivity contribution < 1.29 is 33.5 Å². The topological polar surface area (TPSA) is 75.6 Å². The third-order valence-corrected chi connectivity index (χ3v) is 9.64. The van der Waals surface area contributed by atoms with Gasteiger partial charge in [-0.15, -0.1) is 0 Å². The molecule has 8 heteroatoms. The van der Waals surface area contributed by atoms with E-state index in [9.17, 15) is 5.11 Å². The van der Waals surface area contributed by atoms with Gasteiger partial charge in [-0.2, -0.15) is 0 Å². The minimum absolute atomic E-state index is 0.301. The summed E-state index contributed by atoms with van der Waals surface area (Å²) in [6, 6.07) is 12.4. The van der Waals surface area contributed by atoms with E-state index in [1.165, 1.54) is 11.1 Å². The maximum atomic E-state index is 12.8. The lowest BCUT2D eigenvalue weighted by Gasteiger charge is -2.50. The average molecular weight is 706 g/mol. The summed E-state index contributed by atoms with van der Waals surface area (Å²) in [7, 11) is 0. The van der Waals surface area contributed by atoms with Gasteiger partial charge in [-0.05, 0) is 79.8 Å².